The quantitative estimate of drug-likeness (QED) is 0.849. The molecule has 0 aromatic rings. The van der Waals surface area contributed by atoms with Crippen molar-refractivity contribution < 1.29 is 9.59 Å². The van der Waals surface area contributed by atoms with E-state index in [1.54, 1.807) is 0 Å². The highest BCUT2D eigenvalue weighted by molar-refractivity contribution is 5.85. The Morgan fingerprint density at radius 2 is 1.65 bits per heavy atom. The number of hydrogen-bond donors (Lipinski definition) is 1. The van der Waals surface area contributed by atoms with Gasteiger partial charge in [-0.2, -0.15) is 0 Å². The number of nitrogens with two attached hydrogens (primary N) is 1. The van der Waals surface area contributed by atoms with Crippen LogP contribution in [-0.2, 0) is 9.59 Å². The number of rotatable bonds is 3. The minimum atomic E-state index is -0.421. The molecule has 1 unspecified atom stereocenters. The smallest absolute Gasteiger partial charge is 0.239 e. The molecule has 5 nitrogen and oxygen atoms in total. The summed E-state index contributed by atoms with van der Waals surface area (Å²) in [5.74, 6) is 1.19. The Morgan fingerprint density at radius 1 is 1.04 bits per heavy atom. The highest BCUT2D eigenvalue weighted by Crippen LogP contribution is 2.24. The molecule has 2 rings (SSSR count). The molecule has 2 heterocycles. The van der Waals surface area contributed by atoms with Crippen LogP contribution < -0.4 is 5.73 Å². The predicted octanol–water partition coefficient (Wildman–Crippen LogP) is 1.89. The maximum absolute atomic E-state index is 12.6. The zero-order valence-corrected chi connectivity index (χ0v) is 15.5. The molecular weight excluding hydrogens is 314 g/mol. The van der Waals surface area contributed by atoms with Gasteiger partial charge in [-0.25, -0.2) is 0 Å². The van der Waals surface area contributed by atoms with E-state index in [-0.39, 0.29) is 30.2 Å². The number of halogens is 1. The van der Waals surface area contributed by atoms with Crippen molar-refractivity contribution in [3.63, 3.8) is 0 Å². The Kier molecular flexibility index (Phi) is 7.81. The monoisotopic (exact) mass is 345 g/mol. The first-order valence-electron chi connectivity index (χ1n) is 8.73. The number of nitrogens with zero attached hydrogens (tertiary/aromatic N) is 2. The van der Waals surface area contributed by atoms with Crippen molar-refractivity contribution in [3.8, 4) is 0 Å². The Balaban J connectivity index is 0.00000264. The fourth-order valence-electron chi connectivity index (χ4n) is 3.49. The van der Waals surface area contributed by atoms with Crippen LogP contribution in [0.15, 0.2) is 0 Å². The van der Waals surface area contributed by atoms with Crippen LogP contribution in [0.3, 0.4) is 0 Å². The molecule has 23 heavy (non-hydrogen) atoms. The van der Waals surface area contributed by atoms with Crippen molar-refractivity contribution in [2.24, 2.45) is 23.5 Å². The Morgan fingerprint density at radius 3 is 2.17 bits per heavy atom. The van der Waals surface area contributed by atoms with Crippen molar-refractivity contribution in [2.75, 3.05) is 26.2 Å². The standard InChI is InChI=1S/C17H31N3O2.ClH/c1-12(2)15(18)17(22)19-9-6-14(7-10-19)16(21)20-8-4-5-13(3)11-20;/h12-15H,4-11,18H2,1-3H3;1H/t13?,15-;/m0./s1. The SMILES string of the molecule is CC1CCCN(C(=O)C2CCN(C(=O)[C@@H](N)C(C)C)CC2)C1.Cl. The molecule has 2 N–H and O–H groups in total. The average molecular weight is 346 g/mol. The van der Waals surface area contributed by atoms with E-state index < -0.39 is 6.04 Å². The number of likely N-dealkylation sites (tertiary alicyclic amines) is 2. The number of hydrogen-bond acceptors (Lipinski definition) is 3. The maximum atomic E-state index is 12.6. The van der Waals surface area contributed by atoms with E-state index in [0.29, 0.717) is 24.9 Å². The fraction of sp³-hybridized carbons (Fsp3) is 0.882. The van der Waals surface area contributed by atoms with E-state index in [2.05, 4.69) is 6.92 Å². The molecule has 0 saturated carbocycles. The van der Waals surface area contributed by atoms with Crippen molar-refractivity contribution >= 4 is 24.2 Å². The van der Waals surface area contributed by atoms with Gasteiger partial charge in [-0.05, 0) is 37.5 Å². The number of carbonyl (C=O) groups excluding carboxylic acids is 2. The third kappa shape index (κ3) is 5.08. The van der Waals surface area contributed by atoms with E-state index in [1.807, 2.05) is 23.6 Å². The maximum Gasteiger partial charge on any atom is 0.239 e. The Bertz CT molecular complexity index is 409. The summed E-state index contributed by atoms with van der Waals surface area (Å²) in [5, 5.41) is 0. The summed E-state index contributed by atoms with van der Waals surface area (Å²) in [6.07, 6.45) is 3.90. The van der Waals surface area contributed by atoms with Gasteiger partial charge < -0.3 is 15.5 Å². The second-order valence-electron chi connectivity index (χ2n) is 7.40. The van der Waals surface area contributed by atoms with Crippen LogP contribution in [0, 0.1) is 17.8 Å². The summed E-state index contributed by atoms with van der Waals surface area (Å²) in [6, 6.07) is -0.421. The molecule has 0 aliphatic carbocycles. The molecule has 2 amide bonds. The van der Waals surface area contributed by atoms with Crippen molar-refractivity contribution in [1.29, 1.82) is 0 Å². The molecule has 0 spiro atoms. The number of piperidine rings is 2. The summed E-state index contributed by atoms with van der Waals surface area (Å²) in [5.41, 5.74) is 5.95. The van der Waals surface area contributed by atoms with Gasteiger partial charge in [-0.15, -0.1) is 12.4 Å². The minimum Gasteiger partial charge on any atom is -0.342 e. The molecule has 2 saturated heterocycles. The first-order valence-corrected chi connectivity index (χ1v) is 8.73. The topological polar surface area (TPSA) is 66.6 Å². The first-order chi connectivity index (χ1) is 10.4. The largest absolute Gasteiger partial charge is 0.342 e. The van der Waals surface area contributed by atoms with Crippen LogP contribution in [0.2, 0.25) is 0 Å². The lowest BCUT2D eigenvalue weighted by molar-refractivity contribution is -0.142. The van der Waals surface area contributed by atoms with Gasteiger partial charge in [0.2, 0.25) is 11.8 Å². The third-order valence-corrected chi connectivity index (χ3v) is 5.13. The lowest BCUT2D eigenvalue weighted by atomic mass is 9.92. The van der Waals surface area contributed by atoms with Crippen molar-refractivity contribution in [3.05, 3.63) is 0 Å². The van der Waals surface area contributed by atoms with Crippen LogP contribution in [-0.4, -0.2) is 53.8 Å². The van der Waals surface area contributed by atoms with Crippen molar-refractivity contribution in [1.82, 2.24) is 9.80 Å². The minimum absolute atomic E-state index is 0. The van der Waals surface area contributed by atoms with Gasteiger partial charge in [0, 0.05) is 32.1 Å². The Hall–Kier alpha value is -0.810. The molecule has 0 aromatic carbocycles. The van der Waals surface area contributed by atoms with Crippen LogP contribution in [0.1, 0.15) is 46.5 Å². The molecule has 2 atom stereocenters. The van der Waals surface area contributed by atoms with Crippen LogP contribution >= 0.6 is 12.4 Å². The summed E-state index contributed by atoms with van der Waals surface area (Å²) < 4.78 is 0. The van der Waals surface area contributed by atoms with Gasteiger partial charge in [0.15, 0.2) is 0 Å². The van der Waals surface area contributed by atoms with Gasteiger partial charge in [-0.3, -0.25) is 9.59 Å². The molecular formula is C17H32ClN3O2. The van der Waals surface area contributed by atoms with Crippen LogP contribution in [0.4, 0.5) is 0 Å². The number of carbonyl (C=O) groups is 2. The molecule has 134 valence electrons. The first kappa shape index (κ1) is 20.2. The van der Waals surface area contributed by atoms with Gasteiger partial charge in [0.25, 0.3) is 0 Å². The normalized spacial score (nSPS) is 24.3. The molecule has 2 aliphatic heterocycles. The molecule has 6 heteroatoms. The fourth-order valence-corrected chi connectivity index (χ4v) is 3.49. The summed E-state index contributed by atoms with van der Waals surface area (Å²) in [4.78, 5) is 28.8. The van der Waals surface area contributed by atoms with Crippen LogP contribution in [0.5, 0.6) is 0 Å². The molecule has 0 radical (unpaired) electrons. The van der Waals surface area contributed by atoms with Gasteiger partial charge >= 0.3 is 0 Å². The molecule has 0 bridgehead atoms. The second-order valence-corrected chi connectivity index (χ2v) is 7.40. The number of amides is 2. The average Bonchev–Trinajstić information content (AvgIpc) is 2.52. The predicted molar refractivity (Wildman–Crippen MR) is 94.3 cm³/mol. The molecule has 2 fully saturated rings. The van der Waals surface area contributed by atoms with E-state index in [0.717, 1.165) is 32.4 Å². The van der Waals surface area contributed by atoms with Gasteiger partial charge in [-0.1, -0.05) is 20.8 Å². The summed E-state index contributed by atoms with van der Waals surface area (Å²) in [7, 11) is 0. The molecule has 2 aliphatic rings. The highest BCUT2D eigenvalue weighted by atomic mass is 35.5. The highest BCUT2D eigenvalue weighted by Gasteiger charge is 2.33. The third-order valence-electron chi connectivity index (χ3n) is 5.13. The van der Waals surface area contributed by atoms with Crippen molar-refractivity contribution in [2.45, 2.75) is 52.5 Å². The van der Waals surface area contributed by atoms with Gasteiger partial charge in [0.05, 0.1) is 6.04 Å². The summed E-state index contributed by atoms with van der Waals surface area (Å²) in [6.45, 7) is 9.29. The molecule has 0 aromatic heterocycles. The van der Waals surface area contributed by atoms with Gasteiger partial charge in [0.1, 0.15) is 0 Å². The van der Waals surface area contributed by atoms with Crippen LogP contribution in [0.25, 0.3) is 0 Å². The Labute approximate surface area is 146 Å². The zero-order valence-electron chi connectivity index (χ0n) is 14.7. The second kappa shape index (κ2) is 8.88. The van der Waals surface area contributed by atoms with E-state index in [4.69, 9.17) is 5.73 Å². The van der Waals surface area contributed by atoms with E-state index in [9.17, 15) is 9.59 Å². The lowest BCUT2D eigenvalue weighted by Crippen LogP contribution is -2.51. The lowest BCUT2D eigenvalue weighted by Gasteiger charge is -2.38. The van der Waals surface area contributed by atoms with E-state index >= 15 is 0 Å². The zero-order chi connectivity index (χ0) is 16.3. The van der Waals surface area contributed by atoms with E-state index in [1.165, 1.54) is 6.42 Å². The summed E-state index contributed by atoms with van der Waals surface area (Å²) >= 11 is 0.